The van der Waals surface area contributed by atoms with Crippen LogP contribution in [-0.4, -0.2) is 34.2 Å². The van der Waals surface area contributed by atoms with E-state index in [1.807, 2.05) is 48.2 Å². The van der Waals surface area contributed by atoms with Gasteiger partial charge in [0.05, 0.1) is 17.7 Å². The number of ether oxygens (including phenoxy) is 1. The zero-order valence-corrected chi connectivity index (χ0v) is 19.2. The van der Waals surface area contributed by atoms with Crippen LogP contribution >= 0.6 is 11.3 Å². The first-order valence-corrected chi connectivity index (χ1v) is 11.7. The van der Waals surface area contributed by atoms with Crippen LogP contribution in [0.3, 0.4) is 0 Å². The fourth-order valence-corrected chi connectivity index (χ4v) is 4.38. The molecule has 1 saturated heterocycles. The van der Waals surface area contributed by atoms with Gasteiger partial charge in [-0.2, -0.15) is 0 Å². The third-order valence-corrected chi connectivity index (χ3v) is 6.31. The lowest BCUT2D eigenvalue weighted by molar-refractivity contribution is -0.128. The number of hydrogen-bond donors (Lipinski definition) is 1. The van der Waals surface area contributed by atoms with Gasteiger partial charge in [0.25, 0.3) is 0 Å². The highest BCUT2D eigenvalue weighted by molar-refractivity contribution is 7.09. The van der Waals surface area contributed by atoms with Gasteiger partial charge in [-0.1, -0.05) is 30.3 Å². The van der Waals surface area contributed by atoms with Crippen LogP contribution in [0.25, 0.3) is 0 Å². The highest BCUT2D eigenvalue weighted by Crippen LogP contribution is 2.17. The molecule has 2 amide bonds. The van der Waals surface area contributed by atoms with Crippen LogP contribution in [-0.2, 0) is 33.9 Å². The number of aryl methyl sites for hydroxylation is 1. The number of anilines is 1. The van der Waals surface area contributed by atoms with E-state index in [1.165, 1.54) is 11.3 Å². The Balaban J connectivity index is 1.25. The van der Waals surface area contributed by atoms with Crippen molar-refractivity contribution in [3.8, 4) is 0 Å². The second-order valence-electron chi connectivity index (χ2n) is 7.96. The number of nitrogens with zero attached hydrogens (tertiary/aromatic N) is 2. The van der Waals surface area contributed by atoms with Crippen molar-refractivity contribution in [1.82, 2.24) is 9.88 Å². The Bertz CT molecular complexity index is 1160. The van der Waals surface area contributed by atoms with Crippen LogP contribution in [0.2, 0.25) is 0 Å². The molecule has 170 valence electrons. The summed E-state index contributed by atoms with van der Waals surface area (Å²) in [5.74, 6) is -0.405. The average molecular weight is 464 g/mol. The number of benzene rings is 2. The van der Waals surface area contributed by atoms with Gasteiger partial charge < -0.3 is 15.0 Å². The summed E-state index contributed by atoms with van der Waals surface area (Å²) >= 11 is 1.36. The van der Waals surface area contributed by atoms with E-state index >= 15 is 0 Å². The molecule has 0 unspecified atom stereocenters. The highest BCUT2D eigenvalue weighted by Gasteiger charge is 2.20. The van der Waals surface area contributed by atoms with E-state index in [-0.39, 0.29) is 24.8 Å². The smallest absolute Gasteiger partial charge is 0.338 e. The molecular formula is C25H25N3O4S. The molecule has 1 fully saturated rings. The Morgan fingerprint density at radius 1 is 1.15 bits per heavy atom. The van der Waals surface area contributed by atoms with Crippen LogP contribution in [0.4, 0.5) is 5.69 Å². The molecule has 0 radical (unpaired) electrons. The quantitative estimate of drug-likeness (QED) is 0.508. The van der Waals surface area contributed by atoms with Crippen molar-refractivity contribution in [2.75, 3.05) is 11.9 Å². The van der Waals surface area contributed by atoms with Gasteiger partial charge in [0.15, 0.2) is 0 Å². The summed E-state index contributed by atoms with van der Waals surface area (Å²) in [6.07, 6.45) is 1.67. The number of aromatic nitrogens is 1. The molecule has 0 aliphatic carbocycles. The molecule has 3 aromatic rings. The minimum atomic E-state index is -0.439. The highest BCUT2D eigenvalue weighted by atomic mass is 32.1. The van der Waals surface area contributed by atoms with Crippen LogP contribution in [0.1, 0.15) is 45.0 Å². The molecule has 1 aromatic heterocycles. The van der Waals surface area contributed by atoms with Gasteiger partial charge in [0.2, 0.25) is 11.8 Å². The molecule has 1 aliphatic heterocycles. The molecule has 0 bridgehead atoms. The molecule has 4 rings (SSSR count). The van der Waals surface area contributed by atoms with Gasteiger partial charge in [-0.25, -0.2) is 9.78 Å². The second kappa shape index (κ2) is 10.4. The zero-order chi connectivity index (χ0) is 23.2. The van der Waals surface area contributed by atoms with Crippen LogP contribution in [0, 0.1) is 6.92 Å². The second-order valence-corrected chi connectivity index (χ2v) is 8.91. The number of hydrogen-bond acceptors (Lipinski definition) is 6. The van der Waals surface area contributed by atoms with Gasteiger partial charge in [0.1, 0.15) is 11.6 Å². The summed E-state index contributed by atoms with van der Waals surface area (Å²) in [5, 5.41) is 5.34. The van der Waals surface area contributed by atoms with E-state index in [2.05, 4.69) is 10.3 Å². The van der Waals surface area contributed by atoms with Crippen LogP contribution in [0.5, 0.6) is 0 Å². The number of para-hydroxylation sites is 1. The van der Waals surface area contributed by atoms with E-state index in [4.69, 9.17) is 4.74 Å². The number of carbonyl (C=O) groups is 3. The SMILES string of the molecule is Cc1ccccc1NC(=O)Cc1nc(COC(=O)c2ccc(CN3CCCC3=O)cc2)cs1. The number of amides is 2. The molecule has 0 spiro atoms. The van der Waals surface area contributed by atoms with Crippen molar-refractivity contribution in [2.45, 2.75) is 39.3 Å². The van der Waals surface area contributed by atoms with Gasteiger partial charge >= 0.3 is 5.97 Å². The fourth-order valence-electron chi connectivity index (χ4n) is 3.60. The molecule has 0 atom stereocenters. The minimum Gasteiger partial charge on any atom is -0.456 e. The summed E-state index contributed by atoms with van der Waals surface area (Å²) in [5.41, 5.74) is 3.81. The Morgan fingerprint density at radius 2 is 1.94 bits per heavy atom. The van der Waals surface area contributed by atoms with E-state index in [1.54, 1.807) is 17.5 Å². The maximum absolute atomic E-state index is 12.4. The number of carbonyl (C=O) groups excluding carboxylic acids is 3. The molecule has 2 aromatic carbocycles. The average Bonchev–Trinajstić information content (AvgIpc) is 3.43. The van der Waals surface area contributed by atoms with E-state index in [9.17, 15) is 14.4 Å². The predicted molar refractivity (Wildman–Crippen MR) is 126 cm³/mol. The van der Waals surface area contributed by atoms with Crippen molar-refractivity contribution >= 4 is 34.8 Å². The Kier molecular flexibility index (Phi) is 7.14. The molecule has 0 saturated carbocycles. The van der Waals surface area contributed by atoms with Crippen molar-refractivity contribution in [3.63, 3.8) is 0 Å². The summed E-state index contributed by atoms with van der Waals surface area (Å²) in [6.45, 7) is 3.32. The summed E-state index contributed by atoms with van der Waals surface area (Å²) in [4.78, 5) is 42.7. The van der Waals surface area contributed by atoms with Crippen LogP contribution < -0.4 is 5.32 Å². The summed E-state index contributed by atoms with van der Waals surface area (Å²) in [7, 11) is 0. The summed E-state index contributed by atoms with van der Waals surface area (Å²) < 4.78 is 5.37. The zero-order valence-electron chi connectivity index (χ0n) is 18.4. The van der Waals surface area contributed by atoms with E-state index < -0.39 is 5.97 Å². The Labute approximate surface area is 196 Å². The minimum absolute atomic E-state index is 0.0405. The molecule has 2 heterocycles. The fraction of sp³-hybridized carbons (Fsp3) is 0.280. The Morgan fingerprint density at radius 3 is 2.67 bits per heavy atom. The van der Waals surface area contributed by atoms with E-state index in [0.717, 1.165) is 29.8 Å². The largest absolute Gasteiger partial charge is 0.456 e. The lowest BCUT2D eigenvalue weighted by Crippen LogP contribution is -2.23. The number of likely N-dealkylation sites (tertiary alicyclic amines) is 1. The molecular weight excluding hydrogens is 438 g/mol. The van der Waals surface area contributed by atoms with Crippen molar-refractivity contribution in [2.24, 2.45) is 0 Å². The monoisotopic (exact) mass is 463 g/mol. The first-order valence-electron chi connectivity index (χ1n) is 10.8. The summed E-state index contributed by atoms with van der Waals surface area (Å²) in [6, 6.07) is 14.7. The van der Waals surface area contributed by atoms with Gasteiger partial charge in [-0.05, 0) is 42.7 Å². The number of rotatable bonds is 8. The third-order valence-electron chi connectivity index (χ3n) is 5.42. The topological polar surface area (TPSA) is 88.6 Å². The van der Waals surface area contributed by atoms with Crippen molar-refractivity contribution < 1.29 is 19.1 Å². The standard InChI is InChI=1S/C25H25N3O4S/c1-17-5-2-3-6-21(17)27-22(29)13-23-26-20(16-33-23)15-32-25(31)19-10-8-18(9-11-19)14-28-12-4-7-24(28)30/h2-3,5-6,8-11,16H,4,7,12-15H2,1H3,(H,27,29). The first kappa shape index (κ1) is 22.7. The Hall–Kier alpha value is -3.52. The van der Waals surface area contributed by atoms with E-state index in [0.29, 0.717) is 29.2 Å². The number of nitrogens with one attached hydrogen (secondary N) is 1. The molecule has 7 nitrogen and oxygen atoms in total. The maximum Gasteiger partial charge on any atom is 0.338 e. The molecule has 8 heteroatoms. The van der Waals surface area contributed by atoms with Gasteiger partial charge in [-0.15, -0.1) is 11.3 Å². The first-order chi connectivity index (χ1) is 16.0. The number of thiazole rings is 1. The maximum atomic E-state index is 12.4. The molecule has 33 heavy (non-hydrogen) atoms. The number of esters is 1. The molecule has 1 N–H and O–H groups in total. The van der Waals surface area contributed by atoms with Gasteiger partial charge in [-0.3, -0.25) is 9.59 Å². The van der Waals surface area contributed by atoms with Crippen LogP contribution in [0.15, 0.2) is 53.9 Å². The predicted octanol–water partition coefficient (Wildman–Crippen LogP) is 4.11. The van der Waals surface area contributed by atoms with Gasteiger partial charge in [0, 0.05) is 30.6 Å². The van der Waals surface area contributed by atoms with Crippen molar-refractivity contribution in [1.29, 1.82) is 0 Å². The lowest BCUT2D eigenvalue weighted by atomic mass is 10.1. The lowest BCUT2D eigenvalue weighted by Gasteiger charge is -2.15. The van der Waals surface area contributed by atoms with Crippen molar-refractivity contribution in [3.05, 3.63) is 81.3 Å². The normalized spacial score (nSPS) is 13.2. The third kappa shape index (κ3) is 6.04. The molecule has 1 aliphatic rings.